The van der Waals surface area contributed by atoms with Gasteiger partial charge in [0, 0.05) is 12.6 Å². The van der Waals surface area contributed by atoms with E-state index in [1.165, 1.54) is 0 Å². The van der Waals surface area contributed by atoms with Crippen LogP contribution in [0.4, 0.5) is 19.0 Å². The highest BCUT2D eigenvalue weighted by Crippen LogP contribution is 2.32. The van der Waals surface area contributed by atoms with E-state index >= 15 is 0 Å². The Kier molecular flexibility index (Phi) is 6.85. The number of aromatic nitrogens is 2. The number of benzene rings is 1. The number of carbonyl (C=O) groups is 1. The SMILES string of the molecule is Cc1cnc(NCC2CCC(NC(=O)c3cc(C(F)(F)F)ccc3Cl)CC2)c(C)n1. The van der Waals surface area contributed by atoms with Crippen molar-refractivity contribution in [3.8, 4) is 0 Å². The third-order valence-corrected chi connectivity index (χ3v) is 5.68. The molecule has 1 fully saturated rings. The van der Waals surface area contributed by atoms with Crippen LogP contribution in [-0.4, -0.2) is 28.5 Å². The first kappa shape index (κ1) is 22.3. The predicted octanol–water partition coefficient (Wildman–Crippen LogP) is 5.17. The molecular formula is C21H24ClF3N4O. The zero-order valence-electron chi connectivity index (χ0n) is 16.8. The number of hydrogen-bond acceptors (Lipinski definition) is 4. The van der Waals surface area contributed by atoms with Crippen molar-refractivity contribution in [3.05, 3.63) is 51.9 Å². The van der Waals surface area contributed by atoms with Crippen LogP contribution in [0.5, 0.6) is 0 Å². The standard InChI is InChI=1S/C21H24ClF3N4O/c1-12-10-26-19(13(2)28-12)27-11-14-3-6-16(7-4-14)29-20(30)17-9-15(21(23,24)25)5-8-18(17)22/h5,8-10,14,16H,3-4,6-7,11H2,1-2H3,(H,26,27)(H,29,30). The Labute approximate surface area is 178 Å². The number of anilines is 1. The molecule has 3 rings (SSSR count). The van der Waals surface area contributed by atoms with Gasteiger partial charge in [-0.3, -0.25) is 9.78 Å². The zero-order chi connectivity index (χ0) is 21.9. The average molecular weight is 441 g/mol. The maximum atomic E-state index is 12.9. The molecule has 30 heavy (non-hydrogen) atoms. The first-order chi connectivity index (χ1) is 14.1. The zero-order valence-corrected chi connectivity index (χ0v) is 17.6. The summed E-state index contributed by atoms with van der Waals surface area (Å²) in [5.74, 6) is 0.631. The smallest absolute Gasteiger partial charge is 0.368 e. The van der Waals surface area contributed by atoms with E-state index in [-0.39, 0.29) is 16.6 Å². The molecule has 1 aromatic carbocycles. The highest BCUT2D eigenvalue weighted by molar-refractivity contribution is 6.33. The largest absolute Gasteiger partial charge is 0.416 e. The fraction of sp³-hybridized carbons (Fsp3) is 0.476. The molecule has 1 aliphatic rings. The summed E-state index contributed by atoms with van der Waals surface area (Å²) in [4.78, 5) is 21.2. The second-order valence-electron chi connectivity index (χ2n) is 7.71. The molecule has 9 heteroatoms. The van der Waals surface area contributed by atoms with Crippen LogP contribution < -0.4 is 10.6 Å². The van der Waals surface area contributed by atoms with E-state index in [0.29, 0.717) is 5.92 Å². The lowest BCUT2D eigenvalue weighted by Gasteiger charge is -2.29. The molecule has 2 aromatic rings. The Hall–Kier alpha value is -2.35. The van der Waals surface area contributed by atoms with Crippen LogP contribution in [0.15, 0.2) is 24.4 Å². The number of halogens is 4. The second kappa shape index (κ2) is 9.20. The van der Waals surface area contributed by atoms with Gasteiger partial charge in [0.2, 0.25) is 0 Å². The highest BCUT2D eigenvalue weighted by atomic mass is 35.5. The number of nitrogens with one attached hydrogen (secondary N) is 2. The van der Waals surface area contributed by atoms with Gasteiger partial charge in [-0.1, -0.05) is 11.6 Å². The number of amides is 1. The highest BCUT2D eigenvalue weighted by Gasteiger charge is 2.32. The Balaban J connectivity index is 1.51. The number of nitrogens with zero attached hydrogens (tertiary/aromatic N) is 2. The van der Waals surface area contributed by atoms with Crippen LogP contribution >= 0.6 is 11.6 Å². The predicted molar refractivity (Wildman–Crippen MR) is 110 cm³/mol. The van der Waals surface area contributed by atoms with Gasteiger partial charge in [-0.05, 0) is 63.6 Å². The Morgan fingerprint density at radius 1 is 1.20 bits per heavy atom. The normalized spacial score (nSPS) is 19.4. The Morgan fingerprint density at radius 2 is 1.90 bits per heavy atom. The molecule has 0 radical (unpaired) electrons. The Bertz CT molecular complexity index is 912. The number of carbonyl (C=O) groups excluding carboxylic acids is 1. The van der Waals surface area contributed by atoms with Crippen molar-refractivity contribution in [2.75, 3.05) is 11.9 Å². The number of aryl methyl sites for hydroxylation is 2. The monoisotopic (exact) mass is 440 g/mol. The number of alkyl halides is 3. The Morgan fingerprint density at radius 3 is 2.53 bits per heavy atom. The van der Waals surface area contributed by atoms with Crippen molar-refractivity contribution in [1.82, 2.24) is 15.3 Å². The minimum atomic E-state index is -4.52. The molecule has 1 amide bonds. The summed E-state index contributed by atoms with van der Waals surface area (Å²) in [6, 6.07) is 2.70. The molecule has 0 saturated heterocycles. The summed E-state index contributed by atoms with van der Waals surface area (Å²) in [5.41, 5.74) is 0.689. The molecule has 1 aliphatic carbocycles. The lowest BCUT2D eigenvalue weighted by molar-refractivity contribution is -0.137. The van der Waals surface area contributed by atoms with Crippen molar-refractivity contribution >= 4 is 23.3 Å². The molecule has 0 bridgehead atoms. The van der Waals surface area contributed by atoms with E-state index in [9.17, 15) is 18.0 Å². The van der Waals surface area contributed by atoms with Gasteiger partial charge >= 0.3 is 6.18 Å². The van der Waals surface area contributed by atoms with Crippen LogP contribution in [0, 0.1) is 19.8 Å². The van der Waals surface area contributed by atoms with Crippen molar-refractivity contribution in [2.45, 2.75) is 51.7 Å². The topological polar surface area (TPSA) is 66.9 Å². The molecule has 1 saturated carbocycles. The van der Waals surface area contributed by atoms with Crippen molar-refractivity contribution in [2.24, 2.45) is 5.92 Å². The minimum absolute atomic E-state index is 0.00737. The first-order valence-electron chi connectivity index (χ1n) is 9.85. The van der Waals surface area contributed by atoms with Gasteiger partial charge in [0.1, 0.15) is 5.82 Å². The minimum Gasteiger partial charge on any atom is -0.368 e. The van der Waals surface area contributed by atoms with Gasteiger partial charge in [0.05, 0.1) is 33.7 Å². The average Bonchev–Trinajstić information content (AvgIpc) is 2.68. The van der Waals surface area contributed by atoms with E-state index in [4.69, 9.17) is 11.6 Å². The van der Waals surface area contributed by atoms with Gasteiger partial charge in [-0.25, -0.2) is 4.98 Å². The molecule has 0 aliphatic heterocycles. The van der Waals surface area contributed by atoms with E-state index in [2.05, 4.69) is 20.6 Å². The summed E-state index contributed by atoms with van der Waals surface area (Å²) in [6.45, 7) is 4.57. The first-order valence-corrected chi connectivity index (χ1v) is 10.2. The fourth-order valence-electron chi connectivity index (χ4n) is 3.66. The van der Waals surface area contributed by atoms with Gasteiger partial charge < -0.3 is 10.6 Å². The van der Waals surface area contributed by atoms with Crippen molar-refractivity contribution in [1.29, 1.82) is 0 Å². The van der Waals surface area contributed by atoms with Crippen LogP contribution in [0.3, 0.4) is 0 Å². The summed E-state index contributed by atoms with van der Waals surface area (Å²) in [7, 11) is 0. The van der Waals surface area contributed by atoms with Crippen molar-refractivity contribution < 1.29 is 18.0 Å². The van der Waals surface area contributed by atoms with E-state index < -0.39 is 17.6 Å². The lowest BCUT2D eigenvalue weighted by Crippen LogP contribution is -2.38. The molecule has 1 aromatic heterocycles. The van der Waals surface area contributed by atoms with Gasteiger partial charge in [-0.2, -0.15) is 13.2 Å². The van der Waals surface area contributed by atoms with Gasteiger partial charge in [-0.15, -0.1) is 0 Å². The quantitative estimate of drug-likeness (QED) is 0.673. The van der Waals surface area contributed by atoms with Gasteiger partial charge in [0.25, 0.3) is 5.91 Å². The second-order valence-corrected chi connectivity index (χ2v) is 8.12. The van der Waals surface area contributed by atoms with Crippen LogP contribution in [0.25, 0.3) is 0 Å². The third kappa shape index (κ3) is 5.62. The number of hydrogen-bond donors (Lipinski definition) is 2. The molecule has 0 spiro atoms. The summed E-state index contributed by atoms with van der Waals surface area (Å²) >= 11 is 5.96. The third-order valence-electron chi connectivity index (χ3n) is 5.35. The molecule has 5 nitrogen and oxygen atoms in total. The van der Waals surface area contributed by atoms with E-state index in [1.54, 1.807) is 6.20 Å². The maximum absolute atomic E-state index is 12.9. The summed E-state index contributed by atoms with van der Waals surface area (Å²) < 4.78 is 38.7. The van der Waals surface area contributed by atoms with Crippen molar-refractivity contribution in [3.63, 3.8) is 0 Å². The maximum Gasteiger partial charge on any atom is 0.416 e. The lowest BCUT2D eigenvalue weighted by atomic mass is 9.86. The summed E-state index contributed by atoms with van der Waals surface area (Å²) in [6.07, 6.45) is 0.505. The van der Waals surface area contributed by atoms with E-state index in [1.807, 2.05) is 13.8 Å². The van der Waals surface area contributed by atoms with Crippen LogP contribution in [0.2, 0.25) is 5.02 Å². The molecule has 0 unspecified atom stereocenters. The van der Waals surface area contributed by atoms with Gasteiger partial charge in [0.15, 0.2) is 0 Å². The molecule has 0 atom stereocenters. The van der Waals surface area contributed by atoms with E-state index in [0.717, 1.165) is 67.6 Å². The molecule has 2 N–H and O–H groups in total. The number of rotatable bonds is 5. The van der Waals surface area contributed by atoms with Crippen LogP contribution in [-0.2, 0) is 6.18 Å². The molecule has 1 heterocycles. The molecule has 162 valence electrons. The molecular weight excluding hydrogens is 417 g/mol. The fourth-order valence-corrected chi connectivity index (χ4v) is 3.87. The summed E-state index contributed by atoms with van der Waals surface area (Å²) in [5, 5.41) is 6.17. The van der Waals surface area contributed by atoms with Crippen LogP contribution in [0.1, 0.15) is 53.0 Å².